The molecule has 3 heteroatoms. The maximum atomic E-state index is 9.37. The second kappa shape index (κ2) is 6.95. The van der Waals surface area contributed by atoms with Crippen LogP contribution in [0.3, 0.4) is 0 Å². The van der Waals surface area contributed by atoms with Crippen molar-refractivity contribution in [2.75, 3.05) is 0 Å². The molecule has 0 radical (unpaired) electrons. The summed E-state index contributed by atoms with van der Waals surface area (Å²) in [5.41, 5.74) is 1.26. The zero-order valence-corrected chi connectivity index (χ0v) is 8.53. The van der Waals surface area contributed by atoms with E-state index in [1.54, 1.807) is 19.1 Å². The van der Waals surface area contributed by atoms with E-state index in [9.17, 15) is 4.79 Å². The number of carboxylic acids is 1. The average Bonchev–Trinajstić information content (AvgIpc) is 2.20. The van der Waals surface area contributed by atoms with Crippen molar-refractivity contribution < 1.29 is 15.0 Å². The Bertz CT molecular complexity index is 264. The first-order chi connectivity index (χ1) is 6.60. The number of carboxylic acid groups (broad SMARTS) is 1. The van der Waals surface area contributed by atoms with Gasteiger partial charge in [0.1, 0.15) is 5.75 Å². The molecule has 1 aromatic carbocycles. The summed E-state index contributed by atoms with van der Waals surface area (Å²) in [7, 11) is 0. The van der Waals surface area contributed by atoms with Gasteiger partial charge in [-0.05, 0) is 24.1 Å². The van der Waals surface area contributed by atoms with Gasteiger partial charge in [-0.15, -0.1) is 0 Å². The van der Waals surface area contributed by atoms with E-state index >= 15 is 0 Å². The molecule has 0 aliphatic carbocycles. The molecule has 2 N–H and O–H groups in total. The molecule has 0 bridgehead atoms. The first-order valence-corrected chi connectivity index (χ1v) is 4.59. The molecule has 0 amide bonds. The third-order valence-corrected chi connectivity index (χ3v) is 1.65. The Kier molecular flexibility index (Phi) is 6.20. The van der Waals surface area contributed by atoms with Crippen LogP contribution in [0.4, 0.5) is 0 Å². The highest BCUT2D eigenvalue weighted by molar-refractivity contribution is 5.66. The lowest BCUT2D eigenvalue weighted by atomic mass is 10.2. The molecular formula is C11H16O3. The topological polar surface area (TPSA) is 57.5 Å². The van der Waals surface area contributed by atoms with Gasteiger partial charge in [-0.1, -0.05) is 26.0 Å². The SMILES string of the molecule is CCC(=O)O.CCc1ccc(O)cc1. The predicted octanol–water partition coefficient (Wildman–Crippen LogP) is 2.44. The van der Waals surface area contributed by atoms with Gasteiger partial charge in [0.2, 0.25) is 0 Å². The second-order valence-electron chi connectivity index (χ2n) is 2.77. The largest absolute Gasteiger partial charge is 0.508 e. The number of aryl methyl sites for hydroxylation is 1. The van der Waals surface area contributed by atoms with Gasteiger partial charge in [0.15, 0.2) is 0 Å². The number of benzene rings is 1. The molecule has 0 saturated heterocycles. The summed E-state index contributed by atoms with van der Waals surface area (Å²) < 4.78 is 0. The third-order valence-electron chi connectivity index (χ3n) is 1.65. The fourth-order valence-corrected chi connectivity index (χ4v) is 0.732. The summed E-state index contributed by atoms with van der Waals surface area (Å²) in [6.45, 7) is 3.69. The van der Waals surface area contributed by atoms with Crippen LogP contribution in [0.2, 0.25) is 0 Å². The minimum Gasteiger partial charge on any atom is -0.508 e. The number of hydrogen-bond donors (Lipinski definition) is 2. The average molecular weight is 196 g/mol. The van der Waals surface area contributed by atoms with Crippen LogP contribution in [0.15, 0.2) is 24.3 Å². The third kappa shape index (κ3) is 6.06. The predicted molar refractivity (Wildman–Crippen MR) is 55.4 cm³/mol. The normalized spacial score (nSPS) is 8.71. The van der Waals surface area contributed by atoms with Crippen molar-refractivity contribution in [3.8, 4) is 5.75 Å². The highest BCUT2D eigenvalue weighted by Crippen LogP contribution is 2.09. The van der Waals surface area contributed by atoms with Crippen LogP contribution in [0.5, 0.6) is 5.75 Å². The number of aromatic hydroxyl groups is 1. The zero-order valence-electron chi connectivity index (χ0n) is 8.53. The van der Waals surface area contributed by atoms with E-state index < -0.39 is 5.97 Å². The molecule has 0 aliphatic rings. The molecule has 0 heterocycles. The molecule has 0 unspecified atom stereocenters. The number of aliphatic carboxylic acids is 1. The van der Waals surface area contributed by atoms with Gasteiger partial charge >= 0.3 is 5.97 Å². The summed E-state index contributed by atoms with van der Waals surface area (Å²) in [6, 6.07) is 7.27. The highest BCUT2D eigenvalue weighted by atomic mass is 16.4. The van der Waals surface area contributed by atoms with Gasteiger partial charge in [0, 0.05) is 6.42 Å². The Hall–Kier alpha value is -1.51. The van der Waals surface area contributed by atoms with Crippen molar-refractivity contribution in [1.82, 2.24) is 0 Å². The maximum absolute atomic E-state index is 9.37. The lowest BCUT2D eigenvalue weighted by Crippen LogP contribution is -1.86. The molecule has 1 rings (SSSR count). The van der Waals surface area contributed by atoms with Crippen molar-refractivity contribution in [2.24, 2.45) is 0 Å². The quantitative estimate of drug-likeness (QED) is 0.763. The van der Waals surface area contributed by atoms with Crippen molar-refractivity contribution in [2.45, 2.75) is 26.7 Å². The molecule has 0 spiro atoms. The summed E-state index contributed by atoms with van der Waals surface area (Å²) >= 11 is 0. The first-order valence-electron chi connectivity index (χ1n) is 4.59. The van der Waals surface area contributed by atoms with Gasteiger partial charge in [0.05, 0.1) is 0 Å². The van der Waals surface area contributed by atoms with Gasteiger partial charge in [-0.2, -0.15) is 0 Å². The minimum atomic E-state index is -0.745. The monoisotopic (exact) mass is 196 g/mol. The van der Waals surface area contributed by atoms with E-state index in [1.165, 1.54) is 5.56 Å². The Morgan fingerprint density at radius 2 is 1.64 bits per heavy atom. The van der Waals surface area contributed by atoms with E-state index in [-0.39, 0.29) is 6.42 Å². The summed E-state index contributed by atoms with van der Waals surface area (Å²) in [6.07, 6.45) is 1.25. The second-order valence-corrected chi connectivity index (χ2v) is 2.77. The molecule has 78 valence electrons. The summed E-state index contributed by atoms with van der Waals surface area (Å²) in [5, 5.41) is 16.6. The van der Waals surface area contributed by atoms with E-state index in [2.05, 4.69) is 6.92 Å². The van der Waals surface area contributed by atoms with Crippen molar-refractivity contribution in [3.63, 3.8) is 0 Å². The van der Waals surface area contributed by atoms with Crippen molar-refractivity contribution in [3.05, 3.63) is 29.8 Å². The Balaban J connectivity index is 0.000000292. The standard InChI is InChI=1S/C8H10O.C3H6O2/c1-2-7-3-5-8(9)6-4-7;1-2-3(4)5/h3-6,9H,2H2,1H3;2H2,1H3,(H,4,5). The molecule has 0 atom stereocenters. The van der Waals surface area contributed by atoms with Crippen LogP contribution in [-0.2, 0) is 11.2 Å². The Labute approximate surface area is 84.0 Å². The van der Waals surface area contributed by atoms with Gasteiger partial charge in [-0.25, -0.2) is 0 Å². The summed E-state index contributed by atoms with van der Waals surface area (Å²) in [4.78, 5) is 9.37. The molecule has 0 aliphatic heterocycles. The lowest BCUT2D eigenvalue weighted by molar-refractivity contribution is -0.136. The number of phenolic OH excluding ortho intramolecular Hbond substituents is 1. The molecule has 0 aromatic heterocycles. The highest BCUT2D eigenvalue weighted by Gasteiger charge is 1.86. The number of carbonyl (C=O) groups is 1. The van der Waals surface area contributed by atoms with Gasteiger partial charge in [-0.3, -0.25) is 4.79 Å². The van der Waals surface area contributed by atoms with Crippen LogP contribution < -0.4 is 0 Å². The van der Waals surface area contributed by atoms with Gasteiger partial charge in [0.25, 0.3) is 0 Å². The number of hydrogen-bond acceptors (Lipinski definition) is 2. The minimum absolute atomic E-state index is 0.222. The number of rotatable bonds is 2. The molecular weight excluding hydrogens is 180 g/mol. The molecule has 0 fully saturated rings. The van der Waals surface area contributed by atoms with Crippen LogP contribution in [-0.4, -0.2) is 16.2 Å². The van der Waals surface area contributed by atoms with Crippen LogP contribution in [0.25, 0.3) is 0 Å². The van der Waals surface area contributed by atoms with Crippen LogP contribution in [0.1, 0.15) is 25.8 Å². The maximum Gasteiger partial charge on any atom is 0.303 e. The summed E-state index contributed by atoms with van der Waals surface area (Å²) in [5.74, 6) is -0.405. The Morgan fingerprint density at radius 3 is 1.93 bits per heavy atom. The van der Waals surface area contributed by atoms with Crippen LogP contribution >= 0.6 is 0 Å². The van der Waals surface area contributed by atoms with E-state index in [0.29, 0.717) is 5.75 Å². The number of phenols is 1. The molecule has 0 saturated carbocycles. The lowest BCUT2D eigenvalue weighted by Gasteiger charge is -1.93. The van der Waals surface area contributed by atoms with E-state index in [0.717, 1.165) is 6.42 Å². The van der Waals surface area contributed by atoms with E-state index in [1.807, 2.05) is 12.1 Å². The fraction of sp³-hybridized carbons (Fsp3) is 0.364. The Morgan fingerprint density at radius 1 is 1.21 bits per heavy atom. The van der Waals surface area contributed by atoms with Crippen LogP contribution in [0, 0.1) is 0 Å². The zero-order chi connectivity index (χ0) is 11.0. The fourth-order valence-electron chi connectivity index (χ4n) is 0.732. The molecule has 3 nitrogen and oxygen atoms in total. The van der Waals surface area contributed by atoms with E-state index in [4.69, 9.17) is 10.2 Å². The smallest absolute Gasteiger partial charge is 0.303 e. The van der Waals surface area contributed by atoms with Crippen molar-refractivity contribution in [1.29, 1.82) is 0 Å². The van der Waals surface area contributed by atoms with Gasteiger partial charge < -0.3 is 10.2 Å². The van der Waals surface area contributed by atoms with Crippen molar-refractivity contribution >= 4 is 5.97 Å². The first kappa shape index (κ1) is 12.5. The molecule has 14 heavy (non-hydrogen) atoms. The molecule has 1 aromatic rings.